The van der Waals surface area contributed by atoms with E-state index in [2.05, 4.69) is 25.9 Å². The number of methoxy groups -OCH3 is 1. The molecule has 0 saturated carbocycles. The smallest absolute Gasteiger partial charge is 0.241 e. The van der Waals surface area contributed by atoms with Crippen LogP contribution in [0.25, 0.3) is 10.9 Å². The second-order valence-electron chi connectivity index (χ2n) is 7.95. The number of carbonyl (C=O) groups excluding carboxylic acids is 1. The fourth-order valence-corrected chi connectivity index (χ4v) is 4.06. The SMILES string of the molecule is COc1cc(F)c2nccc(NC(=O)[C@@H]3C[C@@H](NCc4cc5c(cn4)OCCO5)CN3)c2c1. The minimum atomic E-state index is -0.503. The Labute approximate surface area is 189 Å². The van der Waals surface area contributed by atoms with Gasteiger partial charge in [0.2, 0.25) is 5.91 Å². The van der Waals surface area contributed by atoms with Crippen molar-refractivity contribution in [2.45, 2.75) is 25.0 Å². The highest BCUT2D eigenvalue weighted by molar-refractivity contribution is 6.03. The number of anilines is 1. The van der Waals surface area contributed by atoms with Crippen LogP contribution in [0.15, 0.2) is 36.7 Å². The number of fused-ring (bicyclic) bond motifs is 2. The fraction of sp³-hybridized carbons (Fsp3) is 0.348. The van der Waals surface area contributed by atoms with Crippen LogP contribution in [-0.2, 0) is 11.3 Å². The number of pyridine rings is 2. The van der Waals surface area contributed by atoms with Gasteiger partial charge in [-0.05, 0) is 18.6 Å². The maximum Gasteiger partial charge on any atom is 0.241 e. The van der Waals surface area contributed by atoms with Crippen molar-refractivity contribution in [3.63, 3.8) is 0 Å². The zero-order valence-corrected chi connectivity index (χ0v) is 18.1. The van der Waals surface area contributed by atoms with Crippen LogP contribution >= 0.6 is 0 Å². The van der Waals surface area contributed by atoms with Crippen molar-refractivity contribution in [3.05, 3.63) is 48.2 Å². The summed E-state index contributed by atoms with van der Waals surface area (Å²) in [5.74, 6) is 1.03. The Morgan fingerprint density at radius 2 is 2.09 bits per heavy atom. The Hall–Kier alpha value is -3.50. The van der Waals surface area contributed by atoms with Crippen molar-refractivity contribution in [3.8, 4) is 17.2 Å². The highest BCUT2D eigenvalue weighted by Crippen LogP contribution is 2.30. The molecule has 0 bridgehead atoms. The van der Waals surface area contributed by atoms with E-state index in [1.807, 2.05) is 6.07 Å². The Kier molecular flexibility index (Phi) is 5.93. The maximum atomic E-state index is 14.3. The summed E-state index contributed by atoms with van der Waals surface area (Å²) in [7, 11) is 1.46. The number of rotatable bonds is 6. The minimum Gasteiger partial charge on any atom is -0.497 e. The largest absolute Gasteiger partial charge is 0.497 e. The highest BCUT2D eigenvalue weighted by Gasteiger charge is 2.29. The molecule has 2 aliphatic rings. The first-order valence-electron chi connectivity index (χ1n) is 10.7. The molecule has 1 saturated heterocycles. The third-order valence-electron chi connectivity index (χ3n) is 5.77. The standard InChI is InChI=1S/C23H24FN5O4/c1-31-15-8-16-18(2-3-25-22(16)17(24)9-15)29-23(30)19-6-13(11-28-19)26-10-14-7-20-21(12-27-14)33-5-4-32-20/h2-3,7-9,12-13,19,26,28H,4-6,10-11H2,1H3,(H,25,29,30)/t13-,19+/m1/s1. The number of halogens is 1. The van der Waals surface area contributed by atoms with Crippen molar-refractivity contribution in [1.29, 1.82) is 0 Å². The summed E-state index contributed by atoms with van der Waals surface area (Å²) in [5.41, 5.74) is 1.51. The van der Waals surface area contributed by atoms with Gasteiger partial charge >= 0.3 is 0 Å². The van der Waals surface area contributed by atoms with E-state index in [-0.39, 0.29) is 23.5 Å². The van der Waals surface area contributed by atoms with E-state index in [1.54, 1.807) is 18.3 Å². The van der Waals surface area contributed by atoms with Crippen LogP contribution in [0.2, 0.25) is 0 Å². The number of nitrogens with zero attached hydrogens (tertiary/aromatic N) is 2. The van der Waals surface area contributed by atoms with Gasteiger partial charge in [-0.3, -0.25) is 14.8 Å². The van der Waals surface area contributed by atoms with Gasteiger partial charge in [-0.25, -0.2) is 4.39 Å². The van der Waals surface area contributed by atoms with Gasteiger partial charge in [0.25, 0.3) is 0 Å². The summed E-state index contributed by atoms with van der Waals surface area (Å²) in [6, 6.07) is 6.17. The molecule has 10 heteroatoms. The van der Waals surface area contributed by atoms with Gasteiger partial charge in [0.05, 0.1) is 30.7 Å². The van der Waals surface area contributed by atoms with Crippen LogP contribution in [0.4, 0.5) is 10.1 Å². The van der Waals surface area contributed by atoms with E-state index in [0.29, 0.717) is 61.0 Å². The van der Waals surface area contributed by atoms with Gasteiger partial charge in [0.1, 0.15) is 24.5 Å². The number of hydrogen-bond acceptors (Lipinski definition) is 8. The molecule has 2 aliphatic heterocycles. The first-order chi connectivity index (χ1) is 16.1. The number of amides is 1. The molecule has 4 heterocycles. The Bertz CT molecular complexity index is 1190. The summed E-state index contributed by atoms with van der Waals surface area (Å²) in [6.45, 7) is 2.24. The van der Waals surface area contributed by atoms with Gasteiger partial charge in [-0.1, -0.05) is 0 Å². The van der Waals surface area contributed by atoms with E-state index in [0.717, 1.165) is 5.69 Å². The molecule has 2 aromatic heterocycles. The van der Waals surface area contributed by atoms with E-state index in [1.165, 1.54) is 19.4 Å². The molecule has 1 amide bonds. The summed E-state index contributed by atoms with van der Waals surface area (Å²) in [5, 5.41) is 10.1. The molecule has 2 atom stereocenters. The zero-order chi connectivity index (χ0) is 22.8. The molecule has 9 nitrogen and oxygen atoms in total. The third kappa shape index (κ3) is 4.53. The predicted octanol–water partition coefficient (Wildman–Crippen LogP) is 2.01. The van der Waals surface area contributed by atoms with Crippen LogP contribution in [-0.4, -0.2) is 54.8 Å². The Morgan fingerprint density at radius 1 is 1.24 bits per heavy atom. The number of aromatic nitrogens is 2. The molecule has 172 valence electrons. The van der Waals surface area contributed by atoms with E-state index in [9.17, 15) is 9.18 Å². The second-order valence-corrected chi connectivity index (χ2v) is 7.95. The van der Waals surface area contributed by atoms with Gasteiger partial charge in [-0.15, -0.1) is 0 Å². The van der Waals surface area contributed by atoms with E-state index in [4.69, 9.17) is 14.2 Å². The first-order valence-corrected chi connectivity index (χ1v) is 10.7. The molecule has 3 aromatic rings. The second kappa shape index (κ2) is 9.16. The number of carbonyl (C=O) groups is 1. The van der Waals surface area contributed by atoms with E-state index < -0.39 is 5.82 Å². The topological polar surface area (TPSA) is 107 Å². The quantitative estimate of drug-likeness (QED) is 0.521. The van der Waals surface area contributed by atoms with Crippen LogP contribution in [0, 0.1) is 5.82 Å². The Morgan fingerprint density at radius 3 is 2.94 bits per heavy atom. The first kappa shape index (κ1) is 21.4. The summed E-state index contributed by atoms with van der Waals surface area (Å²) in [6.07, 6.45) is 3.75. The zero-order valence-electron chi connectivity index (χ0n) is 18.1. The van der Waals surface area contributed by atoms with Gasteiger partial charge in [-0.2, -0.15) is 0 Å². The fourth-order valence-electron chi connectivity index (χ4n) is 4.06. The maximum absolute atomic E-state index is 14.3. The lowest BCUT2D eigenvalue weighted by Gasteiger charge is -2.19. The molecule has 0 spiro atoms. The normalized spacial score (nSPS) is 19.5. The van der Waals surface area contributed by atoms with Crippen molar-refractivity contribution in [1.82, 2.24) is 20.6 Å². The molecule has 0 radical (unpaired) electrons. The molecule has 1 aromatic carbocycles. The predicted molar refractivity (Wildman–Crippen MR) is 119 cm³/mol. The van der Waals surface area contributed by atoms with Crippen LogP contribution in [0.1, 0.15) is 12.1 Å². The molecule has 3 N–H and O–H groups in total. The molecular formula is C23H24FN5O4. The minimum absolute atomic E-state index is 0.0995. The van der Waals surface area contributed by atoms with E-state index >= 15 is 0 Å². The van der Waals surface area contributed by atoms with Gasteiger partial charge in [0, 0.05) is 42.8 Å². The lowest BCUT2D eigenvalue weighted by molar-refractivity contribution is -0.117. The van der Waals surface area contributed by atoms with Crippen molar-refractivity contribution in [2.75, 3.05) is 32.2 Å². The lowest BCUT2D eigenvalue weighted by atomic mass is 10.1. The van der Waals surface area contributed by atoms with Gasteiger partial charge < -0.3 is 30.2 Å². The number of nitrogens with one attached hydrogen (secondary N) is 3. The monoisotopic (exact) mass is 453 g/mol. The molecule has 5 rings (SSSR count). The molecular weight excluding hydrogens is 429 g/mol. The van der Waals surface area contributed by atoms with Crippen molar-refractivity contribution < 1.29 is 23.4 Å². The lowest BCUT2D eigenvalue weighted by Crippen LogP contribution is -2.35. The highest BCUT2D eigenvalue weighted by atomic mass is 19.1. The molecule has 0 unspecified atom stereocenters. The third-order valence-corrected chi connectivity index (χ3v) is 5.77. The number of hydrogen-bond donors (Lipinski definition) is 3. The number of ether oxygens (including phenoxy) is 3. The van der Waals surface area contributed by atoms with Gasteiger partial charge in [0.15, 0.2) is 17.3 Å². The van der Waals surface area contributed by atoms with Crippen LogP contribution in [0.3, 0.4) is 0 Å². The van der Waals surface area contributed by atoms with Crippen LogP contribution in [0.5, 0.6) is 17.2 Å². The molecule has 1 fully saturated rings. The molecule has 0 aliphatic carbocycles. The number of benzene rings is 1. The van der Waals surface area contributed by atoms with Crippen molar-refractivity contribution in [2.24, 2.45) is 0 Å². The molecule has 33 heavy (non-hydrogen) atoms. The van der Waals surface area contributed by atoms with Crippen molar-refractivity contribution >= 4 is 22.5 Å². The summed E-state index contributed by atoms with van der Waals surface area (Å²) < 4.78 is 30.6. The Balaban J connectivity index is 1.20. The van der Waals surface area contributed by atoms with Crippen LogP contribution < -0.4 is 30.2 Å². The summed E-state index contributed by atoms with van der Waals surface area (Å²) in [4.78, 5) is 21.4. The average molecular weight is 453 g/mol. The summed E-state index contributed by atoms with van der Waals surface area (Å²) >= 11 is 0. The average Bonchev–Trinajstić information content (AvgIpc) is 3.32.